The lowest BCUT2D eigenvalue weighted by molar-refractivity contribution is 0.268. The van der Waals surface area contributed by atoms with Crippen LogP contribution in [0.5, 0.6) is 17.2 Å². The van der Waals surface area contributed by atoms with Gasteiger partial charge in [0, 0.05) is 11.1 Å². The Morgan fingerprint density at radius 3 is 2.22 bits per heavy atom. The fourth-order valence-electron chi connectivity index (χ4n) is 2.73. The molecule has 2 aromatic carbocycles. The molecular weight excluding hydrogens is 310 g/mol. The molecule has 1 heterocycles. The molecule has 0 spiro atoms. The van der Waals surface area contributed by atoms with Crippen LogP contribution >= 0.6 is 11.6 Å². The average molecular weight is 332 g/mol. The van der Waals surface area contributed by atoms with E-state index in [1.54, 1.807) is 0 Å². The lowest BCUT2D eigenvalue weighted by atomic mass is 10.0. The Morgan fingerprint density at radius 2 is 1.57 bits per heavy atom. The van der Waals surface area contributed by atoms with Crippen LogP contribution in [0, 0.1) is 0 Å². The first-order chi connectivity index (χ1) is 11.3. The van der Waals surface area contributed by atoms with Crippen LogP contribution in [0.15, 0.2) is 48.5 Å². The van der Waals surface area contributed by atoms with Crippen LogP contribution in [-0.2, 0) is 0 Å². The fraction of sp³-hybridized carbons (Fsp3) is 0.368. The van der Waals surface area contributed by atoms with Gasteiger partial charge in [-0.05, 0) is 74.3 Å². The zero-order chi connectivity index (χ0) is 15.9. The molecule has 3 nitrogen and oxygen atoms in total. The van der Waals surface area contributed by atoms with E-state index in [-0.39, 0.29) is 0 Å². The molecule has 0 aliphatic carbocycles. The highest BCUT2D eigenvalue weighted by atomic mass is 35.5. The van der Waals surface area contributed by atoms with Crippen molar-refractivity contribution in [1.29, 1.82) is 0 Å². The maximum absolute atomic E-state index is 5.86. The minimum absolute atomic E-state index is 0.608. The second-order valence-corrected chi connectivity index (χ2v) is 6.25. The van der Waals surface area contributed by atoms with E-state index in [0.29, 0.717) is 11.1 Å². The molecule has 23 heavy (non-hydrogen) atoms. The topological polar surface area (TPSA) is 30.5 Å². The number of hydrogen-bond acceptors (Lipinski definition) is 3. The summed E-state index contributed by atoms with van der Waals surface area (Å²) in [6.07, 6.45) is 4.95. The van der Waals surface area contributed by atoms with Crippen molar-refractivity contribution in [2.24, 2.45) is 0 Å². The van der Waals surface area contributed by atoms with E-state index in [1.807, 2.05) is 48.5 Å². The van der Waals surface area contributed by atoms with E-state index in [1.165, 1.54) is 19.3 Å². The normalized spacial score (nSPS) is 17.7. The van der Waals surface area contributed by atoms with Crippen molar-refractivity contribution in [2.45, 2.75) is 31.7 Å². The Hall–Kier alpha value is -1.71. The number of rotatable bonds is 6. The molecule has 1 fully saturated rings. The molecule has 1 N–H and O–H groups in total. The quantitative estimate of drug-likeness (QED) is 0.804. The van der Waals surface area contributed by atoms with Gasteiger partial charge >= 0.3 is 0 Å². The minimum atomic E-state index is 0.608. The Labute approximate surface area is 142 Å². The number of ether oxygens (including phenoxy) is 2. The molecule has 0 aromatic heterocycles. The fourth-order valence-corrected chi connectivity index (χ4v) is 2.86. The first-order valence-corrected chi connectivity index (χ1v) is 8.57. The summed E-state index contributed by atoms with van der Waals surface area (Å²) >= 11 is 5.86. The van der Waals surface area contributed by atoms with Crippen LogP contribution in [0.3, 0.4) is 0 Å². The molecule has 2 aromatic rings. The number of piperidine rings is 1. The third kappa shape index (κ3) is 5.15. The molecule has 1 unspecified atom stereocenters. The standard InChI is InChI=1S/C19H22ClNO2/c20-15-4-6-18(7-5-15)23-19-10-8-17(9-11-19)22-14-12-16-3-1-2-13-21-16/h4-11,16,21H,1-3,12-14H2. The van der Waals surface area contributed by atoms with Crippen LogP contribution in [0.25, 0.3) is 0 Å². The van der Waals surface area contributed by atoms with Crippen molar-refractivity contribution in [3.8, 4) is 17.2 Å². The molecule has 3 rings (SSSR count). The number of halogens is 1. The third-order valence-electron chi connectivity index (χ3n) is 4.02. The lowest BCUT2D eigenvalue weighted by Gasteiger charge is -2.23. The summed E-state index contributed by atoms with van der Waals surface area (Å²) in [5.41, 5.74) is 0. The third-order valence-corrected chi connectivity index (χ3v) is 4.27. The molecule has 1 aliphatic rings. The molecule has 0 bridgehead atoms. The predicted octanol–water partition coefficient (Wildman–Crippen LogP) is 5.04. The van der Waals surface area contributed by atoms with E-state index < -0.39 is 0 Å². The van der Waals surface area contributed by atoms with E-state index in [4.69, 9.17) is 21.1 Å². The highest BCUT2D eigenvalue weighted by molar-refractivity contribution is 6.30. The van der Waals surface area contributed by atoms with E-state index in [9.17, 15) is 0 Å². The second-order valence-electron chi connectivity index (χ2n) is 5.81. The van der Waals surface area contributed by atoms with Gasteiger partial charge in [-0.25, -0.2) is 0 Å². The van der Waals surface area contributed by atoms with Crippen molar-refractivity contribution in [1.82, 2.24) is 5.32 Å². The van der Waals surface area contributed by atoms with Crippen LogP contribution < -0.4 is 14.8 Å². The maximum atomic E-state index is 5.86. The Kier molecular flexibility index (Phi) is 5.78. The molecule has 0 radical (unpaired) electrons. The van der Waals surface area contributed by atoms with Crippen LogP contribution in [0.4, 0.5) is 0 Å². The summed E-state index contributed by atoms with van der Waals surface area (Å²) in [4.78, 5) is 0. The Balaban J connectivity index is 1.45. The van der Waals surface area contributed by atoms with Gasteiger partial charge in [0.2, 0.25) is 0 Å². The highest BCUT2D eigenvalue weighted by Crippen LogP contribution is 2.25. The molecule has 1 atom stereocenters. The SMILES string of the molecule is Clc1ccc(Oc2ccc(OCCC3CCCCN3)cc2)cc1. The summed E-state index contributed by atoms with van der Waals surface area (Å²) in [6.45, 7) is 1.89. The summed E-state index contributed by atoms with van der Waals surface area (Å²) in [5.74, 6) is 2.43. The van der Waals surface area contributed by atoms with E-state index >= 15 is 0 Å². The number of benzene rings is 2. The zero-order valence-electron chi connectivity index (χ0n) is 13.1. The molecule has 4 heteroatoms. The zero-order valence-corrected chi connectivity index (χ0v) is 13.9. The van der Waals surface area contributed by atoms with Gasteiger partial charge in [0.25, 0.3) is 0 Å². The van der Waals surface area contributed by atoms with Gasteiger partial charge in [-0.15, -0.1) is 0 Å². The van der Waals surface area contributed by atoms with Gasteiger partial charge in [-0.2, -0.15) is 0 Å². The summed E-state index contributed by atoms with van der Waals surface area (Å²) in [6, 6.07) is 15.7. The van der Waals surface area contributed by atoms with Gasteiger partial charge in [-0.1, -0.05) is 18.0 Å². The van der Waals surface area contributed by atoms with Crippen molar-refractivity contribution in [3.63, 3.8) is 0 Å². The monoisotopic (exact) mass is 331 g/mol. The van der Waals surface area contributed by atoms with Crippen LogP contribution in [0.2, 0.25) is 5.02 Å². The van der Waals surface area contributed by atoms with Gasteiger partial charge < -0.3 is 14.8 Å². The smallest absolute Gasteiger partial charge is 0.127 e. The van der Waals surface area contributed by atoms with Crippen molar-refractivity contribution in [2.75, 3.05) is 13.2 Å². The van der Waals surface area contributed by atoms with Crippen molar-refractivity contribution < 1.29 is 9.47 Å². The molecular formula is C19H22ClNO2. The molecule has 122 valence electrons. The van der Waals surface area contributed by atoms with E-state index in [2.05, 4.69) is 5.32 Å². The molecule has 0 amide bonds. The van der Waals surface area contributed by atoms with Crippen LogP contribution in [-0.4, -0.2) is 19.2 Å². The summed E-state index contributed by atoms with van der Waals surface area (Å²) in [5, 5.41) is 4.24. The Morgan fingerprint density at radius 1 is 0.913 bits per heavy atom. The van der Waals surface area contributed by atoms with Crippen LogP contribution in [0.1, 0.15) is 25.7 Å². The predicted molar refractivity (Wildman–Crippen MR) is 93.7 cm³/mol. The first-order valence-electron chi connectivity index (χ1n) is 8.19. The lowest BCUT2D eigenvalue weighted by Crippen LogP contribution is -2.35. The van der Waals surface area contributed by atoms with Gasteiger partial charge in [0.1, 0.15) is 17.2 Å². The summed E-state index contributed by atoms with van der Waals surface area (Å²) < 4.78 is 11.6. The van der Waals surface area contributed by atoms with Gasteiger partial charge in [0.05, 0.1) is 6.61 Å². The highest BCUT2D eigenvalue weighted by Gasteiger charge is 2.12. The number of nitrogens with one attached hydrogen (secondary N) is 1. The average Bonchev–Trinajstić information content (AvgIpc) is 2.59. The largest absolute Gasteiger partial charge is 0.494 e. The molecule has 1 saturated heterocycles. The van der Waals surface area contributed by atoms with E-state index in [0.717, 1.165) is 36.8 Å². The van der Waals surface area contributed by atoms with Gasteiger partial charge in [-0.3, -0.25) is 0 Å². The van der Waals surface area contributed by atoms with Crippen molar-refractivity contribution >= 4 is 11.6 Å². The first kappa shape index (κ1) is 16.2. The van der Waals surface area contributed by atoms with Crippen molar-refractivity contribution in [3.05, 3.63) is 53.6 Å². The molecule has 1 aliphatic heterocycles. The Bertz CT molecular complexity index is 592. The maximum Gasteiger partial charge on any atom is 0.127 e. The van der Waals surface area contributed by atoms with Gasteiger partial charge in [0.15, 0.2) is 0 Å². The molecule has 0 saturated carbocycles. The number of hydrogen-bond donors (Lipinski definition) is 1. The second kappa shape index (κ2) is 8.23. The summed E-state index contributed by atoms with van der Waals surface area (Å²) in [7, 11) is 0. The minimum Gasteiger partial charge on any atom is -0.494 e.